The van der Waals surface area contributed by atoms with Crippen molar-refractivity contribution in [3.05, 3.63) is 0 Å². The lowest BCUT2D eigenvalue weighted by Gasteiger charge is -2.29. The number of esters is 1. The van der Waals surface area contributed by atoms with Gasteiger partial charge in [0.15, 0.2) is 6.10 Å². The molecule has 0 rings (SSSR count). The summed E-state index contributed by atoms with van der Waals surface area (Å²) in [5, 5.41) is 20.2. The van der Waals surface area contributed by atoms with E-state index in [0.717, 1.165) is 44.9 Å². The van der Waals surface area contributed by atoms with Crippen molar-refractivity contribution in [2.45, 2.75) is 76.9 Å². The highest BCUT2D eigenvalue weighted by Crippen LogP contribution is 2.12. The number of likely N-dealkylation sites (N-methyl/N-ethyl adjacent to an activating group) is 1. The van der Waals surface area contributed by atoms with Crippen LogP contribution in [0.1, 0.15) is 64.7 Å². The van der Waals surface area contributed by atoms with Crippen molar-refractivity contribution in [1.82, 2.24) is 0 Å². The minimum Gasteiger partial charge on any atom is -0.550 e. The molecule has 0 saturated heterocycles. The molecule has 0 amide bonds. The van der Waals surface area contributed by atoms with E-state index in [-0.39, 0.29) is 18.5 Å². The SMILES string of the molecule is CCC(O)CCCCCCCC(=O)OC(CC(=O)[O-])C[N+](C)(C)C. The van der Waals surface area contributed by atoms with E-state index >= 15 is 0 Å². The van der Waals surface area contributed by atoms with Gasteiger partial charge in [-0.2, -0.15) is 0 Å². The molecule has 1 N–H and O–H groups in total. The van der Waals surface area contributed by atoms with Crippen LogP contribution in [0.15, 0.2) is 0 Å². The summed E-state index contributed by atoms with van der Waals surface area (Å²) in [4.78, 5) is 22.6. The van der Waals surface area contributed by atoms with E-state index in [1.807, 2.05) is 28.1 Å². The molecule has 0 aliphatic rings. The third-order valence-electron chi connectivity index (χ3n) is 3.83. The van der Waals surface area contributed by atoms with Crippen molar-refractivity contribution in [2.75, 3.05) is 27.7 Å². The number of ether oxygens (including phenoxy) is 1. The number of carboxylic acids is 1. The molecule has 0 aliphatic heterocycles. The van der Waals surface area contributed by atoms with E-state index in [1.54, 1.807) is 0 Å². The quantitative estimate of drug-likeness (QED) is 0.291. The molecule has 2 unspecified atom stereocenters. The van der Waals surface area contributed by atoms with Gasteiger partial charge < -0.3 is 24.2 Å². The van der Waals surface area contributed by atoms with E-state index < -0.39 is 12.1 Å². The number of aliphatic carboxylic acids is 1. The molecule has 142 valence electrons. The smallest absolute Gasteiger partial charge is 0.306 e. The molecule has 2 atom stereocenters. The van der Waals surface area contributed by atoms with E-state index in [2.05, 4.69) is 0 Å². The minimum absolute atomic E-state index is 0.193. The highest BCUT2D eigenvalue weighted by molar-refractivity contribution is 5.70. The van der Waals surface area contributed by atoms with Crippen molar-refractivity contribution in [2.24, 2.45) is 0 Å². The van der Waals surface area contributed by atoms with Gasteiger partial charge in [0.2, 0.25) is 0 Å². The number of carboxylic acid groups (broad SMARTS) is 1. The highest BCUT2D eigenvalue weighted by atomic mass is 16.5. The molecule has 0 spiro atoms. The number of unbranched alkanes of at least 4 members (excludes halogenated alkanes) is 4. The number of aliphatic hydroxyl groups is 1. The van der Waals surface area contributed by atoms with Crippen LogP contribution in [0.25, 0.3) is 0 Å². The molecule has 0 heterocycles. The van der Waals surface area contributed by atoms with Crippen LogP contribution in [0.2, 0.25) is 0 Å². The van der Waals surface area contributed by atoms with Crippen LogP contribution >= 0.6 is 0 Å². The topological polar surface area (TPSA) is 86.7 Å². The third-order valence-corrected chi connectivity index (χ3v) is 3.83. The Morgan fingerprint density at radius 3 is 2.21 bits per heavy atom. The molecule has 0 aromatic heterocycles. The Morgan fingerprint density at radius 1 is 1.08 bits per heavy atom. The first-order valence-corrected chi connectivity index (χ1v) is 9.02. The third kappa shape index (κ3) is 14.5. The second-order valence-corrected chi connectivity index (χ2v) is 7.53. The van der Waals surface area contributed by atoms with Crippen molar-refractivity contribution in [3.8, 4) is 0 Å². The monoisotopic (exact) mass is 345 g/mol. The second-order valence-electron chi connectivity index (χ2n) is 7.53. The Bertz CT molecular complexity index is 365. The first-order valence-electron chi connectivity index (χ1n) is 9.02. The molecule has 0 fully saturated rings. The predicted octanol–water partition coefficient (Wildman–Crippen LogP) is 1.25. The van der Waals surface area contributed by atoms with Crippen LogP contribution in [0.5, 0.6) is 0 Å². The number of quaternary nitrogens is 1. The zero-order valence-corrected chi connectivity index (χ0v) is 15.8. The van der Waals surface area contributed by atoms with Crippen molar-refractivity contribution in [3.63, 3.8) is 0 Å². The maximum Gasteiger partial charge on any atom is 0.306 e. The zero-order chi connectivity index (χ0) is 18.6. The maximum absolute atomic E-state index is 11.9. The predicted molar refractivity (Wildman–Crippen MR) is 91.0 cm³/mol. The number of carbonyl (C=O) groups excluding carboxylic acids is 2. The average molecular weight is 345 g/mol. The summed E-state index contributed by atoms with van der Waals surface area (Å²) in [6.07, 6.45) is 5.65. The Morgan fingerprint density at radius 2 is 1.67 bits per heavy atom. The number of aliphatic hydroxyl groups excluding tert-OH is 1. The molecule has 0 saturated carbocycles. The van der Waals surface area contributed by atoms with Gasteiger partial charge in [0.25, 0.3) is 0 Å². The van der Waals surface area contributed by atoms with Gasteiger partial charge in [-0.05, 0) is 19.3 Å². The van der Waals surface area contributed by atoms with E-state index in [0.29, 0.717) is 17.4 Å². The average Bonchev–Trinajstić information content (AvgIpc) is 2.43. The van der Waals surface area contributed by atoms with Gasteiger partial charge in [-0.3, -0.25) is 4.79 Å². The summed E-state index contributed by atoms with van der Waals surface area (Å²) in [6, 6.07) is 0. The lowest BCUT2D eigenvalue weighted by Crippen LogP contribution is -2.45. The molecular weight excluding hydrogens is 310 g/mol. The fraction of sp³-hybridized carbons (Fsp3) is 0.889. The Hall–Kier alpha value is -1.14. The van der Waals surface area contributed by atoms with Gasteiger partial charge in [-0.1, -0.05) is 32.6 Å². The van der Waals surface area contributed by atoms with Crippen LogP contribution < -0.4 is 5.11 Å². The van der Waals surface area contributed by atoms with Crippen LogP contribution in [0, 0.1) is 0 Å². The summed E-state index contributed by atoms with van der Waals surface area (Å²) >= 11 is 0. The van der Waals surface area contributed by atoms with Gasteiger partial charge in [-0.25, -0.2) is 0 Å². The lowest BCUT2D eigenvalue weighted by molar-refractivity contribution is -0.873. The molecule has 0 radical (unpaired) electrons. The molecule has 24 heavy (non-hydrogen) atoms. The number of nitrogens with zero attached hydrogens (tertiary/aromatic N) is 1. The van der Waals surface area contributed by atoms with Crippen molar-refractivity contribution < 1.29 is 29.0 Å². The molecule has 0 aromatic carbocycles. The van der Waals surface area contributed by atoms with Crippen LogP contribution in [0.4, 0.5) is 0 Å². The number of rotatable bonds is 14. The summed E-state index contributed by atoms with van der Waals surface area (Å²) in [7, 11) is 5.77. The van der Waals surface area contributed by atoms with Crippen LogP contribution in [-0.4, -0.2) is 61.4 Å². The van der Waals surface area contributed by atoms with Gasteiger partial charge in [0.1, 0.15) is 6.54 Å². The summed E-state index contributed by atoms with van der Waals surface area (Å²) in [5.74, 6) is -1.54. The molecule has 0 aromatic rings. The Kier molecular flexibility index (Phi) is 11.7. The van der Waals surface area contributed by atoms with Crippen molar-refractivity contribution >= 4 is 11.9 Å². The Labute approximate surface area is 146 Å². The van der Waals surface area contributed by atoms with Gasteiger partial charge in [0, 0.05) is 18.8 Å². The van der Waals surface area contributed by atoms with Crippen LogP contribution in [0.3, 0.4) is 0 Å². The first-order chi connectivity index (χ1) is 11.1. The molecular formula is C18H35NO5. The molecule has 6 heteroatoms. The van der Waals surface area contributed by atoms with Gasteiger partial charge in [-0.15, -0.1) is 0 Å². The van der Waals surface area contributed by atoms with E-state index in [4.69, 9.17) is 4.74 Å². The van der Waals surface area contributed by atoms with Gasteiger partial charge in [0.05, 0.1) is 27.2 Å². The maximum atomic E-state index is 11.9. The van der Waals surface area contributed by atoms with Crippen molar-refractivity contribution in [1.29, 1.82) is 0 Å². The standard InChI is InChI=1S/C18H35NO5/c1-5-15(20)11-9-7-6-8-10-12-18(23)24-16(13-17(21)22)14-19(2,3)4/h15-16,20H,5-14H2,1-4H3. The lowest BCUT2D eigenvalue weighted by atomic mass is 10.1. The fourth-order valence-electron chi connectivity index (χ4n) is 2.57. The Balaban J connectivity index is 3.90. The zero-order valence-electron chi connectivity index (χ0n) is 15.8. The summed E-state index contributed by atoms with van der Waals surface area (Å²) in [5.41, 5.74) is 0. The molecule has 0 aliphatic carbocycles. The van der Waals surface area contributed by atoms with E-state index in [1.165, 1.54) is 0 Å². The van der Waals surface area contributed by atoms with Crippen LogP contribution in [-0.2, 0) is 14.3 Å². The number of hydrogen-bond donors (Lipinski definition) is 1. The molecule has 0 bridgehead atoms. The number of hydrogen-bond acceptors (Lipinski definition) is 5. The highest BCUT2D eigenvalue weighted by Gasteiger charge is 2.22. The minimum atomic E-state index is -1.20. The second kappa shape index (κ2) is 12.3. The largest absolute Gasteiger partial charge is 0.550 e. The number of carbonyl (C=O) groups is 2. The molecule has 6 nitrogen and oxygen atoms in total. The summed E-state index contributed by atoms with van der Waals surface area (Å²) in [6.45, 7) is 2.42. The first kappa shape index (κ1) is 22.9. The normalized spacial score (nSPS) is 14.2. The fourth-order valence-corrected chi connectivity index (χ4v) is 2.57. The van der Waals surface area contributed by atoms with Gasteiger partial charge >= 0.3 is 5.97 Å². The summed E-state index contributed by atoms with van der Waals surface area (Å²) < 4.78 is 5.83. The van der Waals surface area contributed by atoms with E-state index in [9.17, 15) is 19.8 Å².